The van der Waals surface area contributed by atoms with Gasteiger partial charge in [-0.2, -0.15) is 0 Å². The highest BCUT2D eigenvalue weighted by Crippen LogP contribution is 2.31. The smallest absolute Gasteiger partial charge is 0.267 e. The number of hydrogen-bond acceptors (Lipinski definition) is 4. The molecule has 5 nitrogen and oxygen atoms in total. The predicted molar refractivity (Wildman–Crippen MR) is 77.4 cm³/mol. The first-order chi connectivity index (χ1) is 10.1. The molecule has 2 heterocycles. The van der Waals surface area contributed by atoms with Crippen molar-refractivity contribution in [1.29, 1.82) is 0 Å². The number of ether oxygens (including phenoxy) is 2. The Morgan fingerprint density at radius 3 is 2.86 bits per heavy atom. The van der Waals surface area contributed by atoms with E-state index in [4.69, 9.17) is 9.47 Å². The summed E-state index contributed by atoms with van der Waals surface area (Å²) in [6, 6.07) is 7.38. The van der Waals surface area contributed by atoms with Gasteiger partial charge in [0.2, 0.25) is 6.10 Å². The minimum absolute atomic E-state index is 0.0535. The van der Waals surface area contributed by atoms with Gasteiger partial charge in [-0.25, -0.2) is 0 Å². The van der Waals surface area contributed by atoms with Gasteiger partial charge >= 0.3 is 0 Å². The summed E-state index contributed by atoms with van der Waals surface area (Å²) in [5, 5.41) is 10.1. The molecule has 5 heteroatoms. The van der Waals surface area contributed by atoms with E-state index < -0.39 is 11.7 Å². The second-order valence-electron chi connectivity index (χ2n) is 6.04. The van der Waals surface area contributed by atoms with Gasteiger partial charge in [-0.3, -0.25) is 4.79 Å². The molecule has 0 aliphatic carbocycles. The Kier molecular flexibility index (Phi) is 3.76. The van der Waals surface area contributed by atoms with Crippen LogP contribution in [0.15, 0.2) is 24.3 Å². The summed E-state index contributed by atoms with van der Waals surface area (Å²) in [5.74, 6) is 1.24. The van der Waals surface area contributed by atoms with Crippen LogP contribution in [0.5, 0.6) is 11.5 Å². The topological polar surface area (TPSA) is 59.0 Å². The Morgan fingerprint density at radius 1 is 1.29 bits per heavy atom. The number of carbonyl (C=O) groups is 1. The fourth-order valence-electron chi connectivity index (χ4n) is 2.83. The molecule has 2 aliphatic heterocycles. The van der Waals surface area contributed by atoms with Gasteiger partial charge < -0.3 is 19.5 Å². The third-order valence-corrected chi connectivity index (χ3v) is 4.16. The van der Waals surface area contributed by atoms with Crippen LogP contribution in [0.4, 0.5) is 0 Å². The molecule has 0 aromatic heterocycles. The lowest BCUT2D eigenvalue weighted by Gasteiger charge is -2.30. The number of aliphatic hydroxyl groups is 1. The molecule has 2 atom stereocenters. The number of amides is 1. The van der Waals surface area contributed by atoms with Crippen LogP contribution in [0.25, 0.3) is 0 Å². The van der Waals surface area contributed by atoms with Crippen molar-refractivity contribution >= 4 is 5.91 Å². The number of carbonyl (C=O) groups excluding carboxylic acids is 1. The van der Waals surface area contributed by atoms with Crippen molar-refractivity contribution in [3.05, 3.63) is 24.3 Å². The summed E-state index contributed by atoms with van der Waals surface area (Å²) in [6.45, 7) is 3.30. The zero-order valence-corrected chi connectivity index (χ0v) is 12.2. The highest BCUT2D eigenvalue weighted by Gasteiger charge is 2.33. The van der Waals surface area contributed by atoms with Gasteiger partial charge in [0.15, 0.2) is 11.5 Å². The summed E-state index contributed by atoms with van der Waals surface area (Å²) in [5.41, 5.74) is -0.675. The molecule has 1 aromatic rings. The van der Waals surface area contributed by atoms with Crippen molar-refractivity contribution in [1.82, 2.24) is 4.90 Å². The first-order valence-electron chi connectivity index (χ1n) is 7.45. The van der Waals surface area contributed by atoms with E-state index in [1.807, 2.05) is 31.2 Å². The van der Waals surface area contributed by atoms with Gasteiger partial charge in [0.1, 0.15) is 6.61 Å². The Balaban J connectivity index is 1.66. The van der Waals surface area contributed by atoms with Crippen LogP contribution in [-0.4, -0.2) is 47.3 Å². The largest absolute Gasteiger partial charge is 0.485 e. The van der Waals surface area contributed by atoms with E-state index in [1.165, 1.54) is 0 Å². The van der Waals surface area contributed by atoms with Crippen molar-refractivity contribution < 1.29 is 19.4 Å². The zero-order chi connectivity index (χ0) is 14.9. The molecule has 0 bridgehead atoms. The van der Waals surface area contributed by atoms with Crippen LogP contribution in [0.3, 0.4) is 0 Å². The first-order valence-corrected chi connectivity index (χ1v) is 7.45. The number of nitrogens with zero attached hydrogens (tertiary/aromatic N) is 1. The maximum absolute atomic E-state index is 12.6. The SMILES string of the molecule is CC1(O)CCCN(C(=O)C2COc3ccccc3O2)CC1. The second-order valence-corrected chi connectivity index (χ2v) is 6.04. The standard InChI is InChI=1S/C16H21NO4/c1-16(19)7-4-9-17(10-8-16)15(18)14-11-20-12-5-2-3-6-13(12)21-14/h2-3,5-6,14,19H,4,7-11H2,1H3. The lowest BCUT2D eigenvalue weighted by molar-refractivity contribution is -0.141. The van der Waals surface area contributed by atoms with Crippen LogP contribution < -0.4 is 9.47 Å². The molecule has 1 aromatic carbocycles. The van der Waals surface area contributed by atoms with E-state index in [0.717, 1.165) is 12.8 Å². The Bertz CT molecular complexity index is 529. The Hall–Kier alpha value is -1.75. The monoisotopic (exact) mass is 291 g/mol. The van der Waals surface area contributed by atoms with Gasteiger partial charge in [0, 0.05) is 13.1 Å². The van der Waals surface area contributed by atoms with Crippen LogP contribution in [0, 0.1) is 0 Å². The maximum Gasteiger partial charge on any atom is 0.267 e. The van der Waals surface area contributed by atoms with E-state index in [1.54, 1.807) is 4.90 Å². The fourth-order valence-corrected chi connectivity index (χ4v) is 2.83. The molecule has 1 fully saturated rings. The quantitative estimate of drug-likeness (QED) is 0.853. The lowest BCUT2D eigenvalue weighted by atomic mass is 9.98. The van der Waals surface area contributed by atoms with Crippen LogP contribution in [-0.2, 0) is 4.79 Å². The minimum atomic E-state index is -0.675. The molecule has 0 saturated carbocycles. The molecular formula is C16H21NO4. The highest BCUT2D eigenvalue weighted by atomic mass is 16.6. The van der Waals surface area contributed by atoms with Crippen molar-refractivity contribution in [2.75, 3.05) is 19.7 Å². The van der Waals surface area contributed by atoms with Crippen molar-refractivity contribution in [3.8, 4) is 11.5 Å². The number of likely N-dealkylation sites (tertiary alicyclic amines) is 1. The van der Waals surface area contributed by atoms with Crippen LogP contribution >= 0.6 is 0 Å². The predicted octanol–water partition coefficient (Wildman–Crippen LogP) is 1.59. The molecule has 1 saturated heterocycles. The second kappa shape index (κ2) is 5.56. The summed E-state index contributed by atoms with van der Waals surface area (Å²) in [6.07, 6.45) is 1.54. The van der Waals surface area contributed by atoms with Gasteiger partial charge in [-0.15, -0.1) is 0 Å². The molecule has 114 valence electrons. The number of benzene rings is 1. The normalized spacial score (nSPS) is 28.9. The van der Waals surface area contributed by atoms with E-state index in [9.17, 15) is 9.90 Å². The average molecular weight is 291 g/mol. The van der Waals surface area contributed by atoms with E-state index in [-0.39, 0.29) is 12.5 Å². The number of rotatable bonds is 1. The van der Waals surface area contributed by atoms with Crippen LogP contribution in [0.2, 0.25) is 0 Å². The van der Waals surface area contributed by atoms with Crippen molar-refractivity contribution in [2.24, 2.45) is 0 Å². The number of para-hydroxylation sites is 2. The molecule has 1 amide bonds. The molecule has 2 unspecified atom stereocenters. The summed E-state index contributed by atoms with van der Waals surface area (Å²) < 4.78 is 11.4. The molecule has 0 radical (unpaired) electrons. The molecule has 2 aliphatic rings. The van der Waals surface area contributed by atoms with Crippen molar-refractivity contribution in [3.63, 3.8) is 0 Å². The van der Waals surface area contributed by atoms with E-state index in [2.05, 4.69) is 0 Å². The summed E-state index contributed by atoms with van der Waals surface area (Å²) in [4.78, 5) is 14.3. The van der Waals surface area contributed by atoms with Gasteiger partial charge in [-0.05, 0) is 38.3 Å². The van der Waals surface area contributed by atoms with Crippen molar-refractivity contribution in [2.45, 2.75) is 37.9 Å². The molecule has 3 rings (SSSR count). The minimum Gasteiger partial charge on any atom is -0.485 e. The van der Waals surface area contributed by atoms with Crippen LogP contribution in [0.1, 0.15) is 26.2 Å². The molecule has 1 N–H and O–H groups in total. The third-order valence-electron chi connectivity index (χ3n) is 4.16. The number of hydrogen-bond donors (Lipinski definition) is 1. The van der Waals surface area contributed by atoms with E-state index >= 15 is 0 Å². The lowest BCUT2D eigenvalue weighted by Crippen LogP contribution is -2.47. The van der Waals surface area contributed by atoms with Gasteiger partial charge in [-0.1, -0.05) is 12.1 Å². The Morgan fingerprint density at radius 2 is 2.05 bits per heavy atom. The molecular weight excluding hydrogens is 270 g/mol. The zero-order valence-electron chi connectivity index (χ0n) is 12.2. The summed E-state index contributed by atoms with van der Waals surface area (Å²) >= 11 is 0. The third kappa shape index (κ3) is 3.13. The average Bonchev–Trinajstić information content (AvgIpc) is 2.67. The van der Waals surface area contributed by atoms with Gasteiger partial charge in [0.25, 0.3) is 5.91 Å². The highest BCUT2D eigenvalue weighted by molar-refractivity contribution is 5.82. The molecule has 21 heavy (non-hydrogen) atoms. The fraction of sp³-hybridized carbons (Fsp3) is 0.562. The number of fused-ring (bicyclic) bond motifs is 1. The summed E-state index contributed by atoms with van der Waals surface area (Å²) in [7, 11) is 0. The van der Waals surface area contributed by atoms with Gasteiger partial charge in [0.05, 0.1) is 5.60 Å². The first kappa shape index (κ1) is 14.2. The van der Waals surface area contributed by atoms with E-state index in [0.29, 0.717) is 31.0 Å². The molecule has 0 spiro atoms. The maximum atomic E-state index is 12.6. The Labute approximate surface area is 124 Å².